The molecule has 0 amide bonds. The molecule has 5 nitrogen and oxygen atoms in total. The van der Waals surface area contributed by atoms with Crippen LogP contribution < -0.4 is 0 Å². The van der Waals surface area contributed by atoms with E-state index in [1.165, 1.54) is 49.1 Å². The predicted molar refractivity (Wildman–Crippen MR) is 159 cm³/mol. The van der Waals surface area contributed by atoms with Crippen molar-refractivity contribution >= 4 is 0 Å². The molecule has 6 rings (SSSR count). The van der Waals surface area contributed by atoms with Crippen LogP contribution in [-0.4, -0.2) is 64.0 Å². The molecule has 4 aliphatic rings. The number of likely N-dealkylation sites (tertiary alicyclic amines) is 2. The monoisotopic (exact) mass is 548 g/mol. The Morgan fingerprint density at radius 2 is 1.80 bits per heavy atom. The Hall–Kier alpha value is -2.18. The van der Waals surface area contributed by atoms with E-state index in [0.717, 1.165) is 77.1 Å². The second-order valence-electron chi connectivity index (χ2n) is 13.5. The normalized spacial score (nSPS) is 26.4. The van der Waals surface area contributed by atoms with Crippen molar-refractivity contribution in [2.75, 3.05) is 39.3 Å². The molecule has 2 aliphatic carbocycles. The van der Waals surface area contributed by atoms with Gasteiger partial charge in [-0.15, -0.1) is 0 Å². The zero-order valence-electron chi connectivity index (χ0n) is 24.8. The molecule has 0 radical (unpaired) electrons. The van der Waals surface area contributed by atoms with Gasteiger partial charge in [-0.3, -0.25) is 4.68 Å². The zero-order chi connectivity index (χ0) is 27.9. The van der Waals surface area contributed by atoms with E-state index in [1.807, 2.05) is 6.07 Å². The number of hydrogen-bond donors (Lipinski definition) is 1. The van der Waals surface area contributed by atoms with Crippen molar-refractivity contribution in [3.63, 3.8) is 0 Å². The number of hydrogen-bond acceptors (Lipinski definition) is 4. The maximum Gasteiger partial charge on any atom is 0.123 e. The zero-order valence-corrected chi connectivity index (χ0v) is 24.8. The molecule has 218 valence electrons. The topological polar surface area (TPSA) is 44.5 Å². The molecule has 2 saturated carbocycles. The molecule has 1 aromatic carbocycles. The van der Waals surface area contributed by atoms with E-state index < -0.39 is 0 Å². The second kappa shape index (κ2) is 11.6. The average Bonchev–Trinajstić information content (AvgIpc) is 3.63. The lowest BCUT2D eigenvalue weighted by Crippen LogP contribution is -2.39. The average molecular weight is 549 g/mol. The lowest BCUT2D eigenvalue weighted by Gasteiger charge is -2.35. The van der Waals surface area contributed by atoms with Gasteiger partial charge in [-0.1, -0.05) is 38.0 Å². The molecule has 0 spiro atoms. The smallest absolute Gasteiger partial charge is 0.123 e. The van der Waals surface area contributed by atoms with Gasteiger partial charge in [0.1, 0.15) is 5.82 Å². The molecule has 6 heteroatoms. The summed E-state index contributed by atoms with van der Waals surface area (Å²) in [6.45, 7) is 15.6. The predicted octanol–water partition coefficient (Wildman–Crippen LogP) is 7.15. The summed E-state index contributed by atoms with van der Waals surface area (Å²) in [6.07, 6.45) is 10.7. The van der Waals surface area contributed by atoms with E-state index in [9.17, 15) is 9.50 Å². The summed E-state index contributed by atoms with van der Waals surface area (Å²) in [4.78, 5) is 5.22. The van der Waals surface area contributed by atoms with Crippen molar-refractivity contribution in [2.45, 2.75) is 95.9 Å². The number of aliphatic hydroxyl groups is 1. The number of nitrogens with zero attached hydrogens (tertiary/aromatic N) is 4. The number of aliphatic hydroxyl groups excluding tert-OH is 1. The Morgan fingerprint density at radius 3 is 2.42 bits per heavy atom. The van der Waals surface area contributed by atoms with Crippen molar-refractivity contribution in [3.8, 4) is 0 Å². The van der Waals surface area contributed by atoms with E-state index in [-0.39, 0.29) is 11.2 Å². The van der Waals surface area contributed by atoms with E-state index >= 15 is 0 Å². The Bertz CT molecular complexity index is 1190. The first-order chi connectivity index (χ1) is 19.4. The van der Waals surface area contributed by atoms with Crippen LogP contribution in [0, 0.1) is 24.1 Å². The molecule has 2 aromatic rings. The molecule has 2 atom stereocenters. The summed E-state index contributed by atoms with van der Waals surface area (Å²) in [5, 5.41) is 15.6. The van der Waals surface area contributed by atoms with Crippen molar-refractivity contribution in [3.05, 3.63) is 64.9 Å². The minimum absolute atomic E-state index is 0.143. The standard InChI is InChI=1S/C34H49FN4O/c1-4-39-33(24(2)32(36-39)26-9-7-10-26)27-13-17-37(18-14-27)20-29-21-38(23-34(25(3)40)15-5-6-16-34)22-31(29)28-11-8-12-30(35)19-28/h8,11-12,19,26-27,29,31,40H,3-7,9-10,13-18,20-23H2,1-2H3/t29-,31+/m0/s1. The van der Waals surface area contributed by atoms with Crippen LogP contribution in [0.5, 0.6) is 0 Å². The fourth-order valence-electron chi connectivity index (χ4n) is 8.54. The summed E-state index contributed by atoms with van der Waals surface area (Å²) in [5.74, 6) is 2.26. The Kier molecular flexibility index (Phi) is 8.11. The third-order valence-electron chi connectivity index (χ3n) is 11.0. The van der Waals surface area contributed by atoms with Crippen molar-refractivity contribution < 1.29 is 9.50 Å². The van der Waals surface area contributed by atoms with E-state index in [1.54, 1.807) is 12.1 Å². The van der Waals surface area contributed by atoms with Crippen LogP contribution in [0.4, 0.5) is 4.39 Å². The van der Waals surface area contributed by atoms with Crippen molar-refractivity contribution in [1.29, 1.82) is 0 Å². The highest BCUT2D eigenvalue weighted by Crippen LogP contribution is 2.46. The number of aryl methyl sites for hydroxylation is 1. The van der Waals surface area contributed by atoms with Crippen LogP contribution in [0.15, 0.2) is 36.6 Å². The van der Waals surface area contributed by atoms with Crippen LogP contribution in [0.25, 0.3) is 0 Å². The third kappa shape index (κ3) is 5.38. The van der Waals surface area contributed by atoms with Crippen LogP contribution in [0.1, 0.15) is 105 Å². The van der Waals surface area contributed by atoms with Gasteiger partial charge in [0.2, 0.25) is 0 Å². The molecule has 0 bridgehead atoms. The Labute approximate surface area is 240 Å². The highest BCUT2D eigenvalue weighted by atomic mass is 19.1. The molecular formula is C34H49FN4O. The minimum atomic E-state index is -0.169. The van der Waals surface area contributed by atoms with Crippen LogP contribution in [-0.2, 0) is 6.54 Å². The fourth-order valence-corrected chi connectivity index (χ4v) is 8.54. The van der Waals surface area contributed by atoms with Gasteiger partial charge in [0.15, 0.2) is 0 Å². The quantitative estimate of drug-likeness (QED) is 0.338. The summed E-state index contributed by atoms with van der Waals surface area (Å²) >= 11 is 0. The number of aromatic nitrogens is 2. The van der Waals surface area contributed by atoms with Gasteiger partial charge >= 0.3 is 0 Å². The van der Waals surface area contributed by atoms with Gasteiger partial charge in [0, 0.05) is 61.6 Å². The highest BCUT2D eigenvalue weighted by molar-refractivity contribution is 5.32. The number of rotatable bonds is 9. The largest absolute Gasteiger partial charge is 0.512 e. The van der Waals surface area contributed by atoms with Crippen LogP contribution in [0.2, 0.25) is 0 Å². The number of halogens is 1. The van der Waals surface area contributed by atoms with Crippen molar-refractivity contribution in [1.82, 2.24) is 19.6 Å². The highest BCUT2D eigenvalue weighted by Gasteiger charge is 2.43. The van der Waals surface area contributed by atoms with E-state index in [2.05, 4.69) is 41.0 Å². The fraction of sp³-hybridized carbons (Fsp3) is 0.676. The number of piperidine rings is 1. The van der Waals surface area contributed by atoms with Gasteiger partial charge in [-0.25, -0.2) is 4.39 Å². The van der Waals surface area contributed by atoms with Gasteiger partial charge in [-0.2, -0.15) is 5.10 Å². The summed E-state index contributed by atoms with van der Waals surface area (Å²) < 4.78 is 16.6. The molecule has 2 saturated heterocycles. The number of benzene rings is 1. The summed E-state index contributed by atoms with van der Waals surface area (Å²) in [5.41, 5.74) is 5.29. The molecular weight excluding hydrogens is 499 g/mol. The first-order valence-corrected chi connectivity index (χ1v) is 16.0. The van der Waals surface area contributed by atoms with Crippen molar-refractivity contribution in [2.24, 2.45) is 11.3 Å². The maximum atomic E-state index is 14.3. The van der Waals surface area contributed by atoms with Gasteiger partial charge < -0.3 is 14.9 Å². The molecule has 0 unspecified atom stereocenters. The third-order valence-corrected chi connectivity index (χ3v) is 11.0. The van der Waals surface area contributed by atoms with Gasteiger partial charge in [0.25, 0.3) is 0 Å². The summed E-state index contributed by atoms with van der Waals surface area (Å²) in [7, 11) is 0. The van der Waals surface area contributed by atoms with E-state index in [0.29, 0.717) is 29.4 Å². The molecule has 2 aliphatic heterocycles. The first-order valence-electron chi connectivity index (χ1n) is 16.0. The second-order valence-corrected chi connectivity index (χ2v) is 13.5. The lowest BCUT2D eigenvalue weighted by molar-refractivity contribution is 0.142. The van der Waals surface area contributed by atoms with E-state index in [4.69, 9.17) is 5.10 Å². The van der Waals surface area contributed by atoms with Gasteiger partial charge in [0.05, 0.1) is 11.5 Å². The molecule has 3 heterocycles. The maximum absolute atomic E-state index is 14.3. The van der Waals surface area contributed by atoms with Crippen LogP contribution in [0.3, 0.4) is 0 Å². The Morgan fingerprint density at radius 1 is 1.05 bits per heavy atom. The van der Waals surface area contributed by atoms with Crippen LogP contribution >= 0.6 is 0 Å². The minimum Gasteiger partial charge on any atom is -0.512 e. The molecule has 1 aromatic heterocycles. The SMILES string of the molecule is C=C(O)C1(CN2C[C@H](CN3CCC(c4c(C)c(C5CCC5)nn4CC)CC3)[C@@H](c3cccc(F)c3)C2)CCCC1. The summed E-state index contributed by atoms with van der Waals surface area (Å²) in [6, 6.07) is 7.28. The van der Waals surface area contributed by atoms with Gasteiger partial charge in [-0.05, 0) is 94.6 Å². The lowest BCUT2D eigenvalue weighted by atomic mass is 9.80. The Balaban J connectivity index is 1.14. The molecule has 4 fully saturated rings. The molecule has 1 N–H and O–H groups in total. The molecule has 40 heavy (non-hydrogen) atoms. The first kappa shape index (κ1) is 28.0.